The zero-order valence-electron chi connectivity index (χ0n) is 25.5. The van der Waals surface area contributed by atoms with Crippen LogP contribution in [-0.4, -0.2) is 57.5 Å². The molecule has 0 bridgehead atoms. The highest BCUT2D eigenvalue weighted by atomic mass is 16.6. The molecule has 4 unspecified atom stereocenters. The van der Waals surface area contributed by atoms with E-state index in [0.717, 1.165) is 19.3 Å². The fourth-order valence-corrected chi connectivity index (χ4v) is 4.41. The molecule has 1 aromatic rings. The molecule has 10 nitrogen and oxygen atoms in total. The second-order valence-electron chi connectivity index (χ2n) is 12.0. The van der Waals surface area contributed by atoms with Crippen molar-refractivity contribution >= 4 is 23.8 Å². The largest absolute Gasteiger partial charge is 0.508 e. The van der Waals surface area contributed by atoms with Crippen molar-refractivity contribution in [2.45, 2.75) is 124 Å². The smallest absolute Gasteiger partial charge is 0.408 e. The van der Waals surface area contributed by atoms with Gasteiger partial charge in [0.05, 0.1) is 0 Å². The molecule has 4 amide bonds. The molecular weight excluding hydrogens is 512 g/mol. The molecular formula is C30H50N4O6. The van der Waals surface area contributed by atoms with Crippen molar-refractivity contribution < 1.29 is 29.0 Å². The van der Waals surface area contributed by atoms with Crippen molar-refractivity contribution in [3.63, 3.8) is 0 Å². The third kappa shape index (κ3) is 12.3. The fraction of sp³-hybridized carbons (Fsp3) is 0.667. The van der Waals surface area contributed by atoms with E-state index in [1.807, 2.05) is 20.8 Å². The van der Waals surface area contributed by atoms with E-state index in [1.54, 1.807) is 32.9 Å². The molecule has 4 atom stereocenters. The third-order valence-corrected chi connectivity index (χ3v) is 6.41. The Hall–Kier alpha value is -3.30. The normalized spacial score (nSPS) is 14.5. The average Bonchev–Trinajstić information content (AvgIpc) is 2.82. The molecule has 0 spiro atoms. The number of rotatable bonds is 15. The number of nitrogens with one attached hydrogen (secondary N) is 2. The molecule has 40 heavy (non-hydrogen) atoms. The van der Waals surface area contributed by atoms with Gasteiger partial charge in [0.15, 0.2) is 0 Å². The quantitative estimate of drug-likeness (QED) is 0.246. The number of alkyl carbamates (subject to hydrolysis) is 1. The van der Waals surface area contributed by atoms with Gasteiger partial charge in [-0.25, -0.2) is 4.79 Å². The van der Waals surface area contributed by atoms with Crippen LogP contribution in [0.5, 0.6) is 5.75 Å². The maximum Gasteiger partial charge on any atom is 0.408 e. The van der Waals surface area contributed by atoms with E-state index in [9.17, 15) is 24.3 Å². The predicted octanol–water partition coefficient (Wildman–Crippen LogP) is 4.55. The lowest BCUT2D eigenvalue weighted by Crippen LogP contribution is -2.56. The van der Waals surface area contributed by atoms with E-state index in [1.165, 1.54) is 17.0 Å². The molecule has 0 fully saturated rings. The van der Waals surface area contributed by atoms with E-state index >= 15 is 0 Å². The molecule has 0 saturated carbocycles. The standard InChI is InChI=1S/C30H50N4O6/c1-9-10-20(4)32-27(37)26(22-13-15-23(35)16-14-22)34(21(5)12-11-19(2)3)28(38)24(17-18-25(31)36)33-29(39)40-30(6,7)8/h13-16,19-21,24,26,35H,9-12,17-18H2,1-8H3,(H2,31,36)(H,32,37)(H,33,39). The van der Waals surface area contributed by atoms with Crippen LogP contribution in [0.3, 0.4) is 0 Å². The van der Waals surface area contributed by atoms with Crippen LogP contribution in [0.25, 0.3) is 0 Å². The number of benzene rings is 1. The molecule has 1 aromatic carbocycles. The van der Waals surface area contributed by atoms with Gasteiger partial charge in [0.25, 0.3) is 0 Å². The van der Waals surface area contributed by atoms with E-state index in [0.29, 0.717) is 17.9 Å². The van der Waals surface area contributed by atoms with Crippen LogP contribution in [0, 0.1) is 5.92 Å². The maximum absolute atomic E-state index is 14.3. The van der Waals surface area contributed by atoms with Crippen molar-refractivity contribution in [2.75, 3.05) is 0 Å². The first-order chi connectivity index (χ1) is 18.5. The Balaban J connectivity index is 3.63. The second kappa shape index (κ2) is 16.1. The van der Waals surface area contributed by atoms with Gasteiger partial charge in [-0.15, -0.1) is 0 Å². The summed E-state index contributed by atoms with van der Waals surface area (Å²) in [6, 6.07) is 3.41. The van der Waals surface area contributed by atoms with Gasteiger partial charge in [0, 0.05) is 18.5 Å². The number of nitrogens with zero attached hydrogens (tertiary/aromatic N) is 1. The molecule has 0 aliphatic carbocycles. The monoisotopic (exact) mass is 562 g/mol. The molecule has 0 saturated heterocycles. The van der Waals surface area contributed by atoms with Crippen LogP contribution in [0.4, 0.5) is 4.79 Å². The second-order valence-corrected chi connectivity index (χ2v) is 12.0. The molecule has 0 aliphatic rings. The number of aromatic hydroxyl groups is 1. The molecule has 226 valence electrons. The SMILES string of the molecule is CCCC(C)NC(=O)C(c1ccc(O)cc1)N(C(=O)C(CCC(N)=O)NC(=O)OC(C)(C)C)C(C)CCC(C)C. The topological polar surface area (TPSA) is 151 Å². The minimum atomic E-state index is -1.16. The summed E-state index contributed by atoms with van der Waals surface area (Å²) in [5.74, 6) is -1.14. The Morgan fingerprint density at radius 1 is 0.950 bits per heavy atom. The lowest BCUT2D eigenvalue weighted by atomic mass is 9.96. The van der Waals surface area contributed by atoms with Crippen molar-refractivity contribution in [3.05, 3.63) is 29.8 Å². The van der Waals surface area contributed by atoms with E-state index < -0.39 is 41.6 Å². The summed E-state index contributed by atoms with van der Waals surface area (Å²) in [4.78, 5) is 54.0. The van der Waals surface area contributed by atoms with Crippen molar-refractivity contribution in [1.29, 1.82) is 0 Å². The molecule has 1 rings (SSSR count). The van der Waals surface area contributed by atoms with E-state index in [4.69, 9.17) is 10.5 Å². The van der Waals surface area contributed by atoms with Crippen molar-refractivity contribution in [3.8, 4) is 5.75 Å². The summed E-state index contributed by atoms with van der Waals surface area (Å²) in [5.41, 5.74) is 5.09. The summed E-state index contributed by atoms with van der Waals surface area (Å²) in [6.07, 6.45) is 2.01. The lowest BCUT2D eigenvalue weighted by molar-refractivity contribution is -0.145. The molecule has 0 heterocycles. The van der Waals surface area contributed by atoms with Gasteiger partial charge in [0.1, 0.15) is 23.4 Å². The van der Waals surface area contributed by atoms with Crippen LogP contribution in [0.15, 0.2) is 24.3 Å². The van der Waals surface area contributed by atoms with Gasteiger partial charge in [-0.3, -0.25) is 14.4 Å². The Labute approximate surface area is 239 Å². The number of primary amides is 1. The lowest BCUT2D eigenvalue weighted by Gasteiger charge is -2.39. The zero-order chi connectivity index (χ0) is 30.6. The van der Waals surface area contributed by atoms with Gasteiger partial charge >= 0.3 is 6.09 Å². The Morgan fingerprint density at radius 3 is 2.05 bits per heavy atom. The van der Waals surface area contributed by atoms with Gasteiger partial charge in [0.2, 0.25) is 17.7 Å². The Bertz CT molecular complexity index is 973. The minimum absolute atomic E-state index is 0.0268. The number of hydrogen-bond donors (Lipinski definition) is 4. The number of carbonyl (C=O) groups excluding carboxylic acids is 4. The predicted molar refractivity (Wildman–Crippen MR) is 155 cm³/mol. The number of carbonyl (C=O) groups is 4. The van der Waals surface area contributed by atoms with Gasteiger partial charge in [-0.05, 0) is 83.9 Å². The number of hydrogen-bond acceptors (Lipinski definition) is 6. The van der Waals surface area contributed by atoms with E-state index in [2.05, 4.69) is 24.5 Å². The molecule has 10 heteroatoms. The Morgan fingerprint density at radius 2 is 1.55 bits per heavy atom. The summed E-state index contributed by atoms with van der Waals surface area (Å²) in [6.45, 7) is 15.1. The average molecular weight is 563 g/mol. The molecule has 5 N–H and O–H groups in total. The summed E-state index contributed by atoms with van der Waals surface area (Å²) in [7, 11) is 0. The number of amides is 4. The molecule has 0 aliphatic heterocycles. The van der Waals surface area contributed by atoms with Crippen LogP contribution in [-0.2, 0) is 19.1 Å². The summed E-state index contributed by atoms with van der Waals surface area (Å²) < 4.78 is 5.39. The van der Waals surface area contributed by atoms with Crippen LogP contribution >= 0.6 is 0 Å². The maximum atomic E-state index is 14.3. The van der Waals surface area contributed by atoms with Gasteiger partial charge in [-0.2, -0.15) is 0 Å². The zero-order valence-corrected chi connectivity index (χ0v) is 25.5. The number of phenols is 1. The molecule has 0 radical (unpaired) electrons. The third-order valence-electron chi connectivity index (χ3n) is 6.41. The first kappa shape index (κ1) is 34.7. The Kier molecular flexibility index (Phi) is 14.0. The summed E-state index contributed by atoms with van der Waals surface area (Å²) >= 11 is 0. The molecule has 0 aromatic heterocycles. The van der Waals surface area contributed by atoms with Crippen molar-refractivity contribution in [2.24, 2.45) is 11.7 Å². The van der Waals surface area contributed by atoms with Gasteiger partial charge in [-0.1, -0.05) is 39.3 Å². The number of phenolic OH excluding ortho intramolecular Hbond substituents is 1. The fourth-order valence-electron chi connectivity index (χ4n) is 4.41. The van der Waals surface area contributed by atoms with E-state index in [-0.39, 0.29) is 30.5 Å². The first-order valence-corrected chi connectivity index (χ1v) is 14.2. The van der Waals surface area contributed by atoms with Crippen LogP contribution in [0.1, 0.15) is 106 Å². The number of nitrogens with two attached hydrogens (primary N) is 1. The first-order valence-electron chi connectivity index (χ1n) is 14.2. The van der Waals surface area contributed by atoms with Crippen LogP contribution in [0.2, 0.25) is 0 Å². The summed E-state index contributed by atoms with van der Waals surface area (Å²) in [5, 5.41) is 15.6. The minimum Gasteiger partial charge on any atom is -0.508 e. The highest BCUT2D eigenvalue weighted by Crippen LogP contribution is 2.29. The van der Waals surface area contributed by atoms with Crippen LogP contribution < -0.4 is 16.4 Å². The number of ether oxygens (including phenoxy) is 1. The highest BCUT2D eigenvalue weighted by molar-refractivity contribution is 5.92. The van der Waals surface area contributed by atoms with Crippen molar-refractivity contribution in [1.82, 2.24) is 15.5 Å². The highest BCUT2D eigenvalue weighted by Gasteiger charge is 2.39. The van der Waals surface area contributed by atoms with Gasteiger partial charge < -0.3 is 31.1 Å².